The molecule has 0 saturated heterocycles. The fourth-order valence-corrected chi connectivity index (χ4v) is 3.73. The lowest BCUT2D eigenvalue weighted by atomic mass is 9.94. The summed E-state index contributed by atoms with van der Waals surface area (Å²) < 4.78 is 51.0. The van der Waals surface area contributed by atoms with Crippen LogP contribution in [0.3, 0.4) is 0 Å². The first-order chi connectivity index (χ1) is 14.8. The van der Waals surface area contributed by atoms with Crippen molar-refractivity contribution in [2.24, 2.45) is 0 Å². The summed E-state index contributed by atoms with van der Waals surface area (Å²) in [6.45, 7) is -1.23. The van der Waals surface area contributed by atoms with Crippen LogP contribution in [0, 0.1) is 0 Å². The van der Waals surface area contributed by atoms with Crippen molar-refractivity contribution in [3.05, 3.63) is 47.8 Å². The quantitative estimate of drug-likeness (QED) is 0.645. The maximum absolute atomic E-state index is 12.8. The van der Waals surface area contributed by atoms with Crippen LogP contribution in [0.15, 0.2) is 36.7 Å². The number of hydrogen-bond acceptors (Lipinski definition) is 5. The second kappa shape index (κ2) is 8.10. The van der Waals surface area contributed by atoms with E-state index < -0.39 is 18.6 Å². The van der Waals surface area contributed by atoms with E-state index in [1.54, 1.807) is 36.7 Å². The summed E-state index contributed by atoms with van der Waals surface area (Å²) in [6.07, 6.45) is -0.743. The Balaban J connectivity index is 1.71. The number of benzene rings is 1. The molecule has 0 bridgehead atoms. The third-order valence-corrected chi connectivity index (χ3v) is 5.07. The Bertz CT molecular complexity index is 1110. The Morgan fingerprint density at radius 3 is 2.77 bits per heavy atom. The van der Waals surface area contributed by atoms with Crippen molar-refractivity contribution in [3.63, 3.8) is 0 Å². The van der Waals surface area contributed by atoms with Gasteiger partial charge in [0.05, 0.1) is 31.2 Å². The van der Waals surface area contributed by atoms with Gasteiger partial charge in [-0.2, -0.15) is 13.2 Å². The number of imidazole rings is 1. The van der Waals surface area contributed by atoms with E-state index in [-0.39, 0.29) is 37.5 Å². The number of methoxy groups -OCH3 is 1. The molecule has 2 aromatic heterocycles. The van der Waals surface area contributed by atoms with E-state index in [1.807, 2.05) is 4.40 Å². The van der Waals surface area contributed by atoms with Crippen LogP contribution in [0.4, 0.5) is 13.2 Å². The highest BCUT2D eigenvalue weighted by Crippen LogP contribution is 2.35. The second-order valence-electron chi connectivity index (χ2n) is 7.11. The highest BCUT2D eigenvalue weighted by molar-refractivity contribution is 6.00. The average molecular weight is 435 g/mol. The predicted octanol–water partition coefficient (Wildman–Crippen LogP) is 2.94. The van der Waals surface area contributed by atoms with Crippen LogP contribution < -0.4 is 9.47 Å². The van der Waals surface area contributed by atoms with E-state index in [4.69, 9.17) is 14.6 Å². The number of halogens is 3. The number of aliphatic hydroxyl groups is 1. The van der Waals surface area contributed by atoms with Gasteiger partial charge < -0.3 is 19.5 Å². The molecule has 0 saturated carbocycles. The van der Waals surface area contributed by atoms with E-state index in [9.17, 15) is 18.0 Å². The fraction of sp³-hybridized carbons (Fsp3) is 0.333. The van der Waals surface area contributed by atoms with E-state index in [2.05, 4.69) is 4.98 Å². The third-order valence-electron chi connectivity index (χ3n) is 5.07. The minimum absolute atomic E-state index is 0.0172. The van der Waals surface area contributed by atoms with Crippen molar-refractivity contribution in [2.45, 2.75) is 12.6 Å². The zero-order valence-electron chi connectivity index (χ0n) is 16.6. The summed E-state index contributed by atoms with van der Waals surface area (Å²) in [5.41, 5.74) is 2.87. The first-order valence-electron chi connectivity index (χ1n) is 9.59. The zero-order valence-corrected chi connectivity index (χ0v) is 16.6. The summed E-state index contributed by atoms with van der Waals surface area (Å²) in [5.74, 6) is 0.102. The van der Waals surface area contributed by atoms with Gasteiger partial charge in [0.1, 0.15) is 30.3 Å². The van der Waals surface area contributed by atoms with Crippen molar-refractivity contribution in [3.8, 4) is 22.8 Å². The number of amides is 1. The number of ether oxygens (including phenoxy) is 2. The van der Waals surface area contributed by atoms with E-state index in [1.165, 1.54) is 7.11 Å². The summed E-state index contributed by atoms with van der Waals surface area (Å²) in [4.78, 5) is 17.9. The van der Waals surface area contributed by atoms with Gasteiger partial charge in [-0.3, -0.25) is 9.20 Å². The first kappa shape index (κ1) is 21.0. The van der Waals surface area contributed by atoms with Gasteiger partial charge in [0.25, 0.3) is 5.91 Å². The zero-order chi connectivity index (χ0) is 22.2. The molecule has 0 radical (unpaired) electrons. The van der Waals surface area contributed by atoms with Crippen LogP contribution in [0.1, 0.15) is 15.9 Å². The largest absolute Gasteiger partial charge is 0.496 e. The van der Waals surface area contributed by atoms with Crippen molar-refractivity contribution in [1.82, 2.24) is 14.3 Å². The number of fused-ring (bicyclic) bond motifs is 2. The smallest absolute Gasteiger partial charge is 0.406 e. The highest BCUT2D eigenvalue weighted by atomic mass is 19.4. The van der Waals surface area contributed by atoms with Gasteiger partial charge in [0, 0.05) is 24.4 Å². The van der Waals surface area contributed by atoms with Crippen LogP contribution in [-0.2, 0) is 6.42 Å². The molecule has 3 heterocycles. The minimum Gasteiger partial charge on any atom is -0.496 e. The number of pyridine rings is 1. The minimum atomic E-state index is -4.46. The molecule has 164 valence electrons. The molecule has 1 aromatic carbocycles. The third kappa shape index (κ3) is 4.15. The number of aliphatic hydroxyl groups excluding tert-OH is 1. The summed E-state index contributed by atoms with van der Waals surface area (Å²) in [5, 5.41) is 8.89. The Morgan fingerprint density at radius 1 is 1.26 bits per heavy atom. The number of rotatable bonds is 6. The monoisotopic (exact) mass is 435 g/mol. The molecule has 0 unspecified atom stereocenters. The van der Waals surface area contributed by atoms with Crippen molar-refractivity contribution >= 4 is 11.6 Å². The molecule has 10 heteroatoms. The number of aromatic nitrogens is 2. The maximum atomic E-state index is 12.8. The summed E-state index contributed by atoms with van der Waals surface area (Å²) in [7, 11) is 1.38. The molecule has 0 atom stereocenters. The molecule has 4 rings (SSSR count). The van der Waals surface area contributed by atoms with Crippen molar-refractivity contribution < 1.29 is 32.5 Å². The van der Waals surface area contributed by atoms with Gasteiger partial charge in [-0.25, -0.2) is 4.98 Å². The number of alkyl halides is 3. The SMILES string of the molecule is COc1cc(-c2cnc3cc(OCCO)ccn23)cc2c1C(=O)N(CC(F)(F)F)CC2. The number of carbonyl (C=O) groups excluding carboxylic acids is 1. The summed E-state index contributed by atoms with van der Waals surface area (Å²) in [6, 6.07) is 6.89. The Kier molecular flexibility index (Phi) is 5.48. The Labute approximate surface area is 175 Å². The van der Waals surface area contributed by atoms with E-state index >= 15 is 0 Å². The van der Waals surface area contributed by atoms with Gasteiger partial charge in [-0.05, 0) is 30.2 Å². The standard InChI is InChI=1S/C21H20F3N3O4/c1-30-17-9-14(8-13-2-4-26(12-21(22,23)24)20(29)19(13)17)16-11-25-18-10-15(31-7-6-28)3-5-27(16)18/h3,5,8-11,28H,2,4,6-7,12H2,1H3. The molecular formula is C21H20F3N3O4. The van der Waals surface area contributed by atoms with Crippen LogP contribution >= 0.6 is 0 Å². The molecular weight excluding hydrogens is 415 g/mol. The van der Waals surface area contributed by atoms with Crippen LogP contribution in [-0.4, -0.2) is 64.9 Å². The predicted molar refractivity (Wildman–Crippen MR) is 105 cm³/mol. The van der Waals surface area contributed by atoms with Gasteiger partial charge in [-0.15, -0.1) is 0 Å². The topological polar surface area (TPSA) is 76.3 Å². The molecule has 1 aliphatic heterocycles. The van der Waals surface area contributed by atoms with Crippen LogP contribution in [0.25, 0.3) is 16.9 Å². The molecule has 31 heavy (non-hydrogen) atoms. The summed E-state index contributed by atoms with van der Waals surface area (Å²) >= 11 is 0. The Morgan fingerprint density at radius 2 is 2.06 bits per heavy atom. The van der Waals surface area contributed by atoms with Gasteiger partial charge in [0.15, 0.2) is 0 Å². The normalized spacial score (nSPS) is 14.1. The molecule has 0 spiro atoms. The molecule has 1 amide bonds. The molecule has 3 aromatic rings. The van der Waals surface area contributed by atoms with Crippen LogP contribution in [0.2, 0.25) is 0 Å². The van der Waals surface area contributed by atoms with Crippen molar-refractivity contribution in [1.29, 1.82) is 0 Å². The fourth-order valence-electron chi connectivity index (χ4n) is 3.73. The number of hydrogen-bond donors (Lipinski definition) is 1. The molecule has 7 nitrogen and oxygen atoms in total. The van der Waals surface area contributed by atoms with Gasteiger partial charge >= 0.3 is 6.18 Å². The van der Waals surface area contributed by atoms with Gasteiger partial charge in [-0.1, -0.05) is 0 Å². The lowest BCUT2D eigenvalue weighted by Gasteiger charge is -2.30. The molecule has 1 N–H and O–H groups in total. The van der Waals surface area contributed by atoms with E-state index in [0.29, 0.717) is 17.0 Å². The van der Waals surface area contributed by atoms with Gasteiger partial charge in [0.2, 0.25) is 0 Å². The average Bonchev–Trinajstić information content (AvgIpc) is 3.16. The highest BCUT2D eigenvalue weighted by Gasteiger charge is 2.37. The lowest BCUT2D eigenvalue weighted by molar-refractivity contribution is -0.141. The first-order valence-corrected chi connectivity index (χ1v) is 9.59. The molecule has 0 fully saturated rings. The number of carbonyl (C=O) groups is 1. The Hall–Kier alpha value is -3.27. The molecule has 1 aliphatic rings. The lowest BCUT2D eigenvalue weighted by Crippen LogP contribution is -2.43. The van der Waals surface area contributed by atoms with Crippen molar-refractivity contribution in [2.75, 3.05) is 33.4 Å². The van der Waals surface area contributed by atoms with Crippen LogP contribution in [0.5, 0.6) is 11.5 Å². The molecule has 0 aliphatic carbocycles. The maximum Gasteiger partial charge on any atom is 0.406 e. The van der Waals surface area contributed by atoms with E-state index in [0.717, 1.165) is 16.2 Å². The number of nitrogens with zero attached hydrogens (tertiary/aromatic N) is 3. The second-order valence-corrected chi connectivity index (χ2v) is 7.11.